The SMILES string of the molecule is CCN(C(=O)CC(=O)Nc1cc(C(=O)OC)ccc1Cl)c1cccc(C)c1. The summed E-state index contributed by atoms with van der Waals surface area (Å²) in [5.41, 5.74) is 2.25. The molecule has 6 nitrogen and oxygen atoms in total. The number of aryl methyl sites for hydroxylation is 1. The van der Waals surface area contributed by atoms with Gasteiger partial charge in [0.05, 0.1) is 23.4 Å². The first-order valence-corrected chi connectivity index (χ1v) is 8.78. The van der Waals surface area contributed by atoms with E-state index in [0.29, 0.717) is 6.54 Å². The molecule has 1 N–H and O–H groups in total. The molecule has 7 heteroatoms. The van der Waals surface area contributed by atoms with Crippen molar-refractivity contribution in [1.29, 1.82) is 0 Å². The first kappa shape index (κ1) is 20.5. The zero-order valence-corrected chi connectivity index (χ0v) is 16.2. The molecule has 0 spiro atoms. The van der Waals surface area contributed by atoms with Crippen molar-refractivity contribution in [1.82, 2.24) is 0 Å². The highest BCUT2D eigenvalue weighted by Gasteiger charge is 2.19. The van der Waals surface area contributed by atoms with Crippen LogP contribution < -0.4 is 10.2 Å². The lowest BCUT2D eigenvalue weighted by molar-refractivity contribution is -0.125. The summed E-state index contributed by atoms with van der Waals surface area (Å²) < 4.78 is 4.65. The molecule has 2 rings (SSSR count). The van der Waals surface area contributed by atoms with Crippen LogP contribution in [0.3, 0.4) is 0 Å². The number of carbonyl (C=O) groups excluding carboxylic acids is 3. The van der Waals surface area contributed by atoms with Gasteiger partial charge in [-0.15, -0.1) is 0 Å². The molecule has 0 heterocycles. The predicted molar refractivity (Wildman–Crippen MR) is 105 cm³/mol. The normalized spacial score (nSPS) is 10.2. The highest BCUT2D eigenvalue weighted by Crippen LogP contribution is 2.24. The smallest absolute Gasteiger partial charge is 0.337 e. The van der Waals surface area contributed by atoms with Gasteiger partial charge in [-0.3, -0.25) is 9.59 Å². The number of nitrogens with zero attached hydrogens (tertiary/aromatic N) is 1. The number of hydrogen-bond donors (Lipinski definition) is 1. The number of hydrogen-bond acceptors (Lipinski definition) is 4. The summed E-state index contributed by atoms with van der Waals surface area (Å²) >= 11 is 6.07. The highest BCUT2D eigenvalue weighted by molar-refractivity contribution is 6.34. The Morgan fingerprint density at radius 2 is 1.89 bits per heavy atom. The second kappa shape index (κ2) is 9.19. The van der Waals surface area contributed by atoms with Crippen molar-refractivity contribution < 1.29 is 19.1 Å². The second-order valence-electron chi connectivity index (χ2n) is 5.89. The van der Waals surface area contributed by atoms with Crippen LogP contribution >= 0.6 is 11.6 Å². The topological polar surface area (TPSA) is 75.7 Å². The van der Waals surface area contributed by atoms with Crippen LogP contribution in [0.15, 0.2) is 42.5 Å². The molecule has 0 atom stereocenters. The molecule has 0 saturated carbocycles. The van der Waals surface area contributed by atoms with Gasteiger partial charge in [-0.2, -0.15) is 0 Å². The van der Waals surface area contributed by atoms with Gasteiger partial charge >= 0.3 is 5.97 Å². The molecule has 2 aromatic rings. The number of halogens is 1. The van der Waals surface area contributed by atoms with Crippen LogP contribution in [0.5, 0.6) is 0 Å². The molecule has 2 aromatic carbocycles. The first-order valence-electron chi connectivity index (χ1n) is 8.40. The van der Waals surface area contributed by atoms with E-state index in [0.717, 1.165) is 11.3 Å². The van der Waals surface area contributed by atoms with E-state index in [-0.39, 0.29) is 28.6 Å². The van der Waals surface area contributed by atoms with Gasteiger partial charge in [-0.25, -0.2) is 4.79 Å². The Kier molecular flexibility index (Phi) is 6.96. The molecule has 0 fully saturated rings. The first-order chi connectivity index (χ1) is 12.8. The van der Waals surface area contributed by atoms with E-state index < -0.39 is 11.9 Å². The van der Waals surface area contributed by atoms with Gasteiger partial charge < -0.3 is 15.0 Å². The lowest BCUT2D eigenvalue weighted by atomic mass is 10.2. The third-order valence-electron chi connectivity index (χ3n) is 3.90. The fourth-order valence-corrected chi connectivity index (χ4v) is 2.76. The fourth-order valence-electron chi connectivity index (χ4n) is 2.59. The number of nitrogens with one attached hydrogen (secondary N) is 1. The minimum Gasteiger partial charge on any atom is -0.465 e. The average molecular weight is 389 g/mol. The summed E-state index contributed by atoms with van der Waals surface area (Å²) in [5.74, 6) is -1.40. The summed E-state index contributed by atoms with van der Waals surface area (Å²) in [6, 6.07) is 11.9. The standard InChI is InChI=1S/C20H21ClN2O4/c1-4-23(15-7-5-6-13(2)10-15)19(25)12-18(24)22-17-11-14(20(26)27-3)8-9-16(17)21/h5-11H,4,12H2,1-3H3,(H,22,24). The van der Waals surface area contributed by atoms with Gasteiger partial charge in [0.25, 0.3) is 0 Å². The Bertz CT molecular complexity index is 867. The number of methoxy groups -OCH3 is 1. The van der Waals surface area contributed by atoms with Crippen molar-refractivity contribution in [2.24, 2.45) is 0 Å². The Labute approximate surface area is 163 Å². The van der Waals surface area contributed by atoms with Crippen molar-refractivity contribution in [3.63, 3.8) is 0 Å². The molecule has 0 radical (unpaired) electrons. The van der Waals surface area contributed by atoms with Crippen LogP contribution in [-0.2, 0) is 14.3 Å². The van der Waals surface area contributed by atoms with Gasteiger partial charge in [0.15, 0.2) is 0 Å². The monoisotopic (exact) mass is 388 g/mol. The second-order valence-corrected chi connectivity index (χ2v) is 6.30. The van der Waals surface area contributed by atoms with Crippen LogP contribution in [0, 0.1) is 6.92 Å². The van der Waals surface area contributed by atoms with Gasteiger partial charge in [-0.1, -0.05) is 23.7 Å². The van der Waals surface area contributed by atoms with Gasteiger partial charge in [-0.05, 0) is 49.7 Å². The molecule has 142 valence electrons. The van der Waals surface area contributed by atoms with E-state index >= 15 is 0 Å². The van der Waals surface area contributed by atoms with Crippen LogP contribution in [-0.4, -0.2) is 31.4 Å². The Morgan fingerprint density at radius 1 is 1.15 bits per heavy atom. The van der Waals surface area contributed by atoms with E-state index in [1.165, 1.54) is 25.3 Å². The molecule has 2 amide bonds. The minimum absolute atomic E-state index is 0.246. The van der Waals surface area contributed by atoms with Gasteiger partial charge in [0.1, 0.15) is 6.42 Å². The molecular formula is C20H21ClN2O4. The molecule has 0 bridgehead atoms. The summed E-state index contributed by atoms with van der Waals surface area (Å²) in [6.45, 7) is 4.22. The maximum absolute atomic E-state index is 12.6. The zero-order chi connectivity index (χ0) is 20.0. The van der Waals surface area contributed by atoms with E-state index in [1.54, 1.807) is 4.90 Å². The number of ether oxygens (including phenoxy) is 1. The van der Waals surface area contributed by atoms with E-state index in [1.807, 2.05) is 38.1 Å². The van der Waals surface area contributed by atoms with Gasteiger partial charge in [0, 0.05) is 12.2 Å². The molecule has 27 heavy (non-hydrogen) atoms. The summed E-state index contributed by atoms with van der Waals surface area (Å²) in [7, 11) is 1.26. The van der Waals surface area contributed by atoms with E-state index in [9.17, 15) is 14.4 Å². The molecule has 0 unspecified atom stereocenters. The molecule has 0 aromatic heterocycles. The van der Waals surface area contributed by atoms with Crippen LogP contribution in [0.4, 0.5) is 11.4 Å². The van der Waals surface area contributed by atoms with Crippen molar-refractivity contribution in [3.05, 3.63) is 58.6 Å². The van der Waals surface area contributed by atoms with E-state index in [4.69, 9.17) is 11.6 Å². The summed E-state index contributed by atoms with van der Waals surface area (Å²) in [5, 5.41) is 2.83. The molecule has 0 aliphatic carbocycles. The third kappa shape index (κ3) is 5.31. The van der Waals surface area contributed by atoms with E-state index in [2.05, 4.69) is 10.1 Å². The maximum Gasteiger partial charge on any atom is 0.337 e. The van der Waals surface area contributed by atoms with Gasteiger partial charge in [0.2, 0.25) is 11.8 Å². The van der Waals surface area contributed by atoms with Crippen molar-refractivity contribution in [2.45, 2.75) is 20.3 Å². The number of benzene rings is 2. The zero-order valence-electron chi connectivity index (χ0n) is 15.4. The molecular weight excluding hydrogens is 368 g/mol. The third-order valence-corrected chi connectivity index (χ3v) is 4.23. The summed E-state index contributed by atoms with van der Waals surface area (Å²) in [6.07, 6.45) is -0.347. The largest absolute Gasteiger partial charge is 0.465 e. The summed E-state index contributed by atoms with van der Waals surface area (Å²) in [4.78, 5) is 38.0. The average Bonchev–Trinajstić information content (AvgIpc) is 2.63. The fraction of sp³-hybridized carbons (Fsp3) is 0.250. The van der Waals surface area contributed by atoms with Crippen LogP contribution in [0.1, 0.15) is 29.3 Å². The molecule has 0 aliphatic rings. The number of rotatable bonds is 6. The quantitative estimate of drug-likeness (QED) is 0.603. The minimum atomic E-state index is -0.546. The number of esters is 1. The van der Waals surface area contributed by atoms with Crippen molar-refractivity contribution in [2.75, 3.05) is 23.9 Å². The number of carbonyl (C=O) groups is 3. The lowest BCUT2D eigenvalue weighted by Crippen LogP contribution is -2.33. The molecule has 0 saturated heterocycles. The van der Waals surface area contributed by atoms with Crippen molar-refractivity contribution in [3.8, 4) is 0 Å². The number of anilines is 2. The maximum atomic E-state index is 12.6. The van der Waals surface area contributed by atoms with Crippen LogP contribution in [0.25, 0.3) is 0 Å². The predicted octanol–water partition coefficient (Wildman–Crippen LogP) is 3.82. The Balaban J connectivity index is 2.10. The number of amides is 2. The molecule has 0 aliphatic heterocycles. The van der Waals surface area contributed by atoms with Crippen LogP contribution in [0.2, 0.25) is 5.02 Å². The highest BCUT2D eigenvalue weighted by atomic mass is 35.5. The lowest BCUT2D eigenvalue weighted by Gasteiger charge is -2.21. The van der Waals surface area contributed by atoms with Crippen molar-refractivity contribution >= 4 is 40.8 Å². The Hall–Kier alpha value is -2.86. The Morgan fingerprint density at radius 3 is 2.52 bits per heavy atom.